The maximum Gasteiger partial charge on any atom is 0.500 e. The van der Waals surface area contributed by atoms with E-state index < -0.39 is 8.80 Å². The molecule has 0 saturated heterocycles. The smallest absolute Gasteiger partial charge is 0.377 e. The standard InChI is InChI=1S/C6H15ClO3Si.H4Si/c1-8-11(9-2,10-3)6-4-5-7;/h4-6H2,1-3H3;1H4. The van der Waals surface area contributed by atoms with Crippen molar-refractivity contribution >= 4 is 31.4 Å². The van der Waals surface area contributed by atoms with Crippen molar-refractivity contribution in [3.05, 3.63) is 0 Å². The van der Waals surface area contributed by atoms with Crippen LogP contribution in [0.25, 0.3) is 0 Å². The summed E-state index contributed by atoms with van der Waals surface area (Å²) in [6.45, 7) is 0. The van der Waals surface area contributed by atoms with Crippen molar-refractivity contribution in [2.75, 3.05) is 27.2 Å². The molecule has 0 unspecified atom stereocenters. The number of halogens is 1. The van der Waals surface area contributed by atoms with E-state index in [1.807, 2.05) is 0 Å². The molecule has 0 N–H and O–H groups in total. The van der Waals surface area contributed by atoms with Gasteiger partial charge in [0.2, 0.25) is 0 Å². The van der Waals surface area contributed by atoms with Gasteiger partial charge in [0.05, 0.1) is 0 Å². The molecule has 0 aromatic rings. The van der Waals surface area contributed by atoms with E-state index in [2.05, 4.69) is 0 Å². The molecule has 0 rings (SSSR count). The van der Waals surface area contributed by atoms with Crippen LogP contribution in [0.4, 0.5) is 0 Å². The molecular weight excluding hydrogens is 212 g/mol. The van der Waals surface area contributed by atoms with Crippen LogP contribution in [-0.2, 0) is 13.3 Å². The number of rotatable bonds is 6. The van der Waals surface area contributed by atoms with Gasteiger partial charge in [0, 0.05) is 33.3 Å². The number of alkyl halides is 1. The molecule has 0 aliphatic heterocycles. The zero-order valence-electron chi connectivity index (χ0n) is 7.22. The van der Waals surface area contributed by atoms with Crippen LogP contribution >= 0.6 is 11.6 Å². The highest BCUT2D eigenvalue weighted by Gasteiger charge is 2.36. The van der Waals surface area contributed by atoms with Crippen LogP contribution in [0.3, 0.4) is 0 Å². The summed E-state index contributed by atoms with van der Waals surface area (Å²) in [5.41, 5.74) is 0. The molecule has 0 fully saturated rings. The Balaban J connectivity index is 0. The Labute approximate surface area is 84.7 Å². The highest BCUT2D eigenvalue weighted by Crippen LogP contribution is 2.14. The van der Waals surface area contributed by atoms with Crippen molar-refractivity contribution in [2.24, 2.45) is 0 Å². The fraction of sp³-hybridized carbons (Fsp3) is 1.00. The minimum atomic E-state index is -2.32. The Morgan fingerprint density at radius 1 is 1.08 bits per heavy atom. The average Bonchev–Trinajstić information content (AvgIpc) is 2.08. The highest BCUT2D eigenvalue weighted by molar-refractivity contribution is 6.60. The Morgan fingerprint density at radius 3 is 1.75 bits per heavy atom. The molecule has 0 aromatic heterocycles. The summed E-state index contributed by atoms with van der Waals surface area (Å²) in [5, 5.41) is 0. The summed E-state index contributed by atoms with van der Waals surface area (Å²) >= 11 is 5.53. The molecular formula is C6H19ClO3Si2. The predicted molar refractivity (Wildman–Crippen MR) is 58.3 cm³/mol. The molecule has 0 aliphatic rings. The normalized spacial score (nSPS) is 11.0. The highest BCUT2D eigenvalue weighted by atomic mass is 35.5. The summed E-state index contributed by atoms with van der Waals surface area (Å²) in [5.74, 6) is 0.616. The van der Waals surface area contributed by atoms with Gasteiger partial charge in [0.1, 0.15) is 0 Å². The lowest BCUT2D eigenvalue weighted by atomic mass is 10.6. The van der Waals surface area contributed by atoms with Gasteiger partial charge in [-0.1, -0.05) is 0 Å². The number of hydrogen-bond donors (Lipinski definition) is 0. The lowest BCUT2D eigenvalue weighted by Crippen LogP contribution is -2.42. The minimum absolute atomic E-state index is 0. The second-order valence-corrected chi connectivity index (χ2v) is 5.56. The van der Waals surface area contributed by atoms with Crippen molar-refractivity contribution in [3.63, 3.8) is 0 Å². The SMILES string of the molecule is CO[Si](CCCCl)(OC)OC.[SiH4]. The molecule has 0 aromatic carbocycles. The van der Waals surface area contributed by atoms with Crippen LogP contribution in [-0.4, -0.2) is 47.0 Å². The van der Waals surface area contributed by atoms with E-state index in [0.717, 1.165) is 12.5 Å². The second kappa shape index (κ2) is 8.21. The molecule has 3 nitrogen and oxygen atoms in total. The quantitative estimate of drug-likeness (QED) is 0.477. The van der Waals surface area contributed by atoms with Crippen LogP contribution < -0.4 is 0 Å². The van der Waals surface area contributed by atoms with E-state index >= 15 is 0 Å². The molecule has 0 heterocycles. The molecule has 12 heavy (non-hydrogen) atoms. The van der Waals surface area contributed by atoms with Gasteiger partial charge in [0.25, 0.3) is 0 Å². The van der Waals surface area contributed by atoms with E-state index in [-0.39, 0.29) is 11.0 Å². The Morgan fingerprint density at radius 2 is 1.50 bits per heavy atom. The maximum absolute atomic E-state index is 5.53. The van der Waals surface area contributed by atoms with Crippen LogP contribution in [0, 0.1) is 0 Å². The van der Waals surface area contributed by atoms with Crippen LogP contribution in [0.1, 0.15) is 6.42 Å². The van der Waals surface area contributed by atoms with Crippen LogP contribution in [0.2, 0.25) is 6.04 Å². The molecule has 0 amide bonds. The Bertz CT molecular complexity index is 92.5. The molecule has 76 valence electrons. The second-order valence-electron chi connectivity index (χ2n) is 2.09. The first-order valence-electron chi connectivity index (χ1n) is 3.46. The van der Waals surface area contributed by atoms with Gasteiger partial charge in [-0.05, 0) is 17.4 Å². The largest absolute Gasteiger partial charge is 0.500 e. The van der Waals surface area contributed by atoms with Gasteiger partial charge in [0.15, 0.2) is 0 Å². The summed E-state index contributed by atoms with van der Waals surface area (Å²) in [6, 6.07) is 0.778. The molecule has 0 bridgehead atoms. The van der Waals surface area contributed by atoms with Crippen molar-refractivity contribution in [2.45, 2.75) is 12.5 Å². The van der Waals surface area contributed by atoms with Gasteiger partial charge in [-0.25, -0.2) is 0 Å². The topological polar surface area (TPSA) is 27.7 Å². The summed E-state index contributed by atoms with van der Waals surface area (Å²) < 4.78 is 15.5. The molecule has 0 aliphatic carbocycles. The van der Waals surface area contributed by atoms with Gasteiger partial charge >= 0.3 is 8.80 Å². The van der Waals surface area contributed by atoms with E-state index in [4.69, 9.17) is 24.9 Å². The van der Waals surface area contributed by atoms with Gasteiger partial charge < -0.3 is 13.3 Å². The summed E-state index contributed by atoms with van der Waals surface area (Å²) in [6.07, 6.45) is 0.864. The summed E-state index contributed by atoms with van der Waals surface area (Å²) in [4.78, 5) is 0. The van der Waals surface area contributed by atoms with Crippen molar-refractivity contribution in [1.29, 1.82) is 0 Å². The third-order valence-electron chi connectivity index (χ3n) is 1.55. The van der Waals surface area contributed by atoms with Crippen molar-refractivity contribution < 1.29 is 13.3 Å². The van der Waals surface area contributed by atoms with E-state index in [1.54, 1.807) is 21.3 Å². The monoisotopic (exact) mass is 230 g/mol. The van der Waals surface area contributed by atoms with Gasteiger partial charge in [-0.3, -0.25) is 0 Å². The Hall–Kier alpha value is 0.604. The third kappa shape index (κ3) is 4.59. The van der Waals surface area contributed by atoms with Gasteiger partial charge in [-0.15, -0.1) is 11.6 Å². The van der Waals surface area contributed by atoms with Crippen molar-refractivity contribution in [1.82, 2.24) is 0 Å². The Kier molecular flexibility index (Phi) is 10.3. The molecule has 6 heteroatoms. The fourth-order valence-corrected chi connectivity index (χ4v) is 2.92. The first-order valence-corrected chi connectivity index (χ1v) is 5.92. The van der Waals surface area contributed by atoms with Crippen LogP contribution in [0.15, 0.2) is 0 Å². The lowest BCUT2D eigenvalue weighted by Gasteiger charge is -2.23. The van der Waals surface area contributed by atoms with E-state index in [1.165, 1.54) is 0 Å². The molecule has 0 atom stereocenters. The molecule has 0 saturated carbocycles. The van der Waals surface area contributed by atoms with Gasteiger partial charge in [-0.2, -0.15) is 0 Å². The van der Waals surface area contributed by atoms with E-state index in [0.29, 0.717) is 5.88 Å². The average molecular weight is 231 g/mol. The molecule has 0 radical (unpaired) electrons. The molecule has 0 spiro atoms. The van der Waals surface area contributed by atoms with E-state index in [9.17, 15) is 0 Å². The first-order chi connectivity index (χ1) is 5.24. The third-order valence-corrected chi connectivity index (χ3v) is 4.65. The summed E-state index contributed by atoms with van der Waals surface area (Å²) in [7, 11) is 2.49. The predicted octanol–water partition coefficient (Wildman–Crippen LogP) is 0.0418. The lowest BCUT2D eigenvalue weighted by molar-refractivity contribution is 0.123. The maximum atomic E-state index is 5.53. The number of hydrogen-bond acceptors (Lipinski definition) is 3. The zero-order valence-corrected chi connectivity index (χ0v) is 8.98. The zero-order chi connectivity index (χ0) is 8.74. The van der Waals surface area contributed by atoms with Crippen molar-refractivity contribution in [3.8, 4) is 0 Å². The first kappa shape index (κ1) is 15.1. The fourth-order valence-electron chi connectivity index (χ4n) is 0.840. The van der Waals surface area contributed by atoms with Crippen LogP contribution in [0.5, 0.6) is 0 Å². The minimum Gasteiger partial charge on any atom is -0.377 e.